The lowest BCUT2D eigenvalue weighted by Gasteiger charge is -2.06. The zero-order valence-corrected chi connectivity index (χ0v) is 12.8. The smallest absolute Gasteiger partial charge is 0.277 e. The quantitative estimate of drug-likeness (QED) is 0.735. The Morgan fingerprint density at radius 1 is 1.12 bits per heavy atom. The highest BCUT2D eigenvalue weighted by Crippen LogP contribution is 2.14. The number of nitrogens with zero attached hydrogens (tertiary/aromatic N) is 3. The lowest BCUT2D eigenvalue weighted by molar-refractivity contribution is 0.0952. The monoisotopic (exact) mass is 321 g/mol. The minimum absolute atomic E-state index is 0.0306. The van der Waals surface area contributed by atoms with E-state index >= 15 is 0 Å². The van der Waals surface area contributed by atoms with E-state index < -0.39 is 11.5 Å². The number of carbonyl (C=O) groups is 1. The van der Waals surface area contributed by atoms with Crippen LogP contribution in [0.4, 0.5) is 0 Å². The van der Waals surface area contributed by atoms with Gasteiger partial charge in [-0.25, -0.2) is 5.10 Å². The van der Waals surface area contributed by atoms with Gasteiger partial charge in [0.05, 0.1) is 5.69 Å². The standard InChI is InChI=1S/C17H15N5O2/c23-16(20-9-3-12-2-1-6-19-11-12)14-10-15(21-22-17(14)24)13-4-7-18-8-5-13/h1-2,4-8,10-11H,3,9H2,(H,20,23)(H,22,24). The topological polar surface area (TPSA) is 101 Å². The average Bonchev–Trinajstić information content (AvgIpc) is 2.63. The summed E-state index contributed by atoms with van der Waals surface area (Å²) in [5.74, 6) is -0.433. The fraction of sp³-hybridized carbons (Fsp3) is 0.118. The van der Waals surface area contributed by atoms with Crippen LogP contribution in [0.2, 0.25) is 0 Å². The van der Waals surface area contributed by atoms with Crippen molar-refractivity contribution in [3.05, 3.63) is 76.6 Å². The van der Waals surface area contributed by atoms with E-state index in [1.807, 2.05) is 12.1 Å². The molecule has 120 valence electrons. The fourth-order valence-corrected chi connectivity index (χ4v) is 2.21. The highest BCUT2D eigenvalue weighted by Gasteiger charge is 2.12. The summed E-state index contributed by atoms with van der Waals surface area (Å²) >= 11 is 0. The van der Waals surface area contributed by atoms with Crippen LogP contribution in [-0.2, 0) is 6.42 Å². The number of rotatable bonds is 5. The first-order valence-electron chi connectivity index (χ1n) is 7.41. The molecule has 0 saturated heterocycles. The lowest BCUT2D eigenvalue weighted by atomic mass is 10.1. The Morgan fingerprint density at radius 3 is 2.71 bits per heavy atom. The van der Waals surface area contributed by atoms with E-state index in [0.717, 1.165) is 11.1 Å². The summed E-state index contributed by atoms with van der Waals surface area (Å²) in [4.78, 5) is 32.1. The third-order valence-electron chi connectivity index (χ3n) is 3.45. The van der Waals surface area contributed by atoms with Gasteiger partial charge in [0.1, 0.15) is 5.56 Å². The molecule has 0 atom stereocenters. The number of hydrogen-bond acceptors (Lipinski definition) is 5. The lowest BCUT2D eigenvalue weighted by Crippen LogP contribution is -2.31. The van der Waals surface area contributed by atoms with Crippen LogP contribution in [0.25, 0.3) is 11.3 Å². The SMILES string of the molecule is O=C(NCCc1cccnc1)c1cc(-c2ccncc2)n[nH]c1=O. The largest absolute Gasteiger partial charge is 0.352 e. The molecule has 0 radical (unpaired) electrons. The molecule has 2 N–H and O–H groups in total. The average molecular weight is 321 g/mol. The number of H-pyrrole nitrogens is 1. The molecule has 0 unspecified atom stereocenters. The molecular weight excluding hydrogens is 306 g/mol. The van der Waals surface area contributed by atoms with Gasteiger partial charge in [-0.1, -0.05) is 6.07 Å². The van der Waals surface area contributed by atoms with Gasteiger partial charge in [-0.15, -0.1) is 0 Å². The van der Waals surface area contributed by atoms with Crippen LogP contribution in [-0.4, -0.2) is 32.6 Å². The molecule has 0 aromatic carbocycles. The van der Waals surface area contributed by atoms with E-state index in [0.29, 0.717) is 18.7 Å². The zero-order valence-electron chi connectivity index (χ0n) is 12.8. The molecule has 0 saturated carbocycles. The molecule has 7 nitrogen and oxygen atoms in total. The second-order valence-corrected chi connectivity index (χ2v) is 5.10. The van der Waals surface area contributed by atoms with Crippen molar-refractivity contribution < 1.29 is 4.79 Å². The van der Waals surface area contributed by atoms with Crippen LogP contribution in [0.15, 0.2) is 59.9 Å². The van der Waals surface area contributed by atoms with Crippen molar-refractivity contribution in [3.63, 3.8) is 0 Å². The van der Waals surface area contributed by atoms with Crippen LogP contribution < -0.4 is 10.9 Å². The van der Waals surface area contributed by atoms with E-state index in [9.17, 15) is 9.59 Å². The summed E-state index contributed by atoms with van der Waals surface area (Å²) in [6, 6.07) is 8.76. The number of amides is 1. The van der Waals surface area contributed by atoms with Crippen molar-refractivity contribution in [2.75, 3.05) is 6.54 Å². The Hall–Kier alpha value is -3.35. The maximum atomic E-state index is 12.3. The third kappa shape index (κ3) is 3.70. The highest BCUT2D eigenvalue weighted by molar-refractivity contribution is 5.94. The molecule has 0 bridgehead atoms. The fourth-order valence-electron chi connectivity index (χ4n) is 2.21. The number of pyridine rings is 2. The van der Waals surface area contributed by atoms with Crippen molar-refractivity contribution >= 4 is 5.91 Å². The summed E-state index contributed by atoms with van der Waals surface area (Å²) in [6.45, 7) is 0.414. The molecule has 3 aromatic rings. The van der Waals surface area contributed by atoms with Gasteiger partial charge in [0.15, 0.2) is 0 Å². The van der Waals surface area contributed by atoms with Gasteiger partial charge in [0.25, 0.3) is 11.5 Å². The minimum atomic E-state index is -0.522. The summed E-state index contributed by atoms with van der Waals surface area (Å²) in [7, 11) is 0. The number of aromatic amines is 1. The van der Waals surface area contributed by atoms with Gasteiger partial charge >= 0.3 is 0 Å². The molecule has 0 aliphatic heterocycles. The van der Waals surface area contributed by atoms with Gasteiger partial charge in [-0.05, 0) is 36.2 Å². The minimum Gasteiger partial charge on any atom is -0.352 e. The van der Waals surface area contributed by atoms with Gasteiger partial charge in [-0.3, -0.25) is 19.6 Å². The van der Waals surface area contributed by atoms with Gasteiger partial charge in [-0.2, -0.15) is 5.10 Å². The van der Waals surface area contributed by atoms with E-state index in [4.69, 9.17) is 0 Å². The molecule has 1 amide bonds. The van der Waals surface area contributed by atoms with E-state index in [2.05, 4.69) is 25.5 Å². The molecule has 0 fully saturated rings. The van der Waals surface area contributed by atoms with Crippen molar-refractivity contribution in [2.45, 2.75) is 6.42 Å². The first kappa shape index (κ1) is 15.5. The molecule has 3 rings (SSSR count). The van der Waals surface area contributed by atoms with E-state index in [1.54, 1.807) is 36.9 Å². The number of hydrogen-bond donors (Lipinski definition) is 2. The van der Waals surface area contributed by atoms with Gasteiger partial charge < -0.3 is 5.32 Å². The Kier molecular flexibility index (Phi) is 4.71. The summed E-state index contributed by atoms with van der Waals surface area (Å²) in [6.07, 6.45) is 7.32. The van der Waals surface area contributed by atoms with Crippen molar-refractivity contribution in [1.29, 1.82) is 0 Å². The Bertz CT molecular complexity index is 878. The van der Waals surface area contributed by atoms with Crippen molar-refractivity contribution in [2.24, 2.45) is 0 Å². The second kappa shape index (κ2) is 7.28. The van der Waals surface area contributed by atoms with E-state index in [-0.39, 0.29) is 5.56 Å². The van der Waals surface area contributed by atoms with Crippen LogP contribution in [0, 0.1) is 0 Å². The molecule has 24 heavy (non-hydrogen) atoms. The van der Waals surface area contributed by atoms with Gasteiger partial charge in [0.2, 0.25) is 0 Å². The predicted octanol–water partition coefficient (Wildman–Crippen LogP) is 1.20. The van der Waals surface area contributed by atoms with Crippen LogP contribution in [0.1, 0.15) is 15.9 Å². The number of carbonyl (C=O) groups excluding carboxylic acids is 1. The van der Waals surface area contributed by atoms with Gasteiger partial charge in [0, 0.05) is 36.9 Å². The first-order valence-corrected chi connectivity index (χ1v) is 7.41. The van der Waals surface area contributed by atoms with Crippen LogP contribution >= 0.6 is 0 Å². The maximum Gasteiger partial charge on any atom is 0.277 e. The molecule has 3 heterocycles. The first-order chi connectivity index (χ1) is 11.7. The Morgan fingerprint density at radius 2 is 1.96 bits per heavy atom. The molecule has 3 aromatic heterocycles. The molecule has 7 heteroatoms. The molecular formula is C17H15N5O2. The molecule has 0 aliphatic carbocycles. The predicted molar refractivity (Wildman–Crippen MR) is 88.4 cm³/mol. The van der Waals surface area contributed by atoms with Crippen LogP contribution in [0.3, 0.4) is 0 Å². The summed E-state index contributed by atoms with van der Waals surface area (Å²) in [5.41, 5.74) is 1.80. The van der Waals surface area contributed by atoms with Crippen molar-refractivity contribution in [1.82, 2.24) is 25.5 Å². The van der Waals surface area contributed by atoms with E-state index in [1.165, 1.54) is 6.07 Å². The van der Waals surface area contributed by atoms with Crippen molar-refractivity contribution in [3.8, 4) is 11.3 Å². The normalized spacial score (nSPS) is 10.3. The highest BCUT2D eigenvalue weighted by atomic mass is 16.2. The Balaban J connectivity index is 1.71. The summed E-state index contributed by atoms with van der Waals surface area (Å²) in [5, 5.41) is 9.07. The third-order valence-corrected chi connectivity index (χ3v) is 3.45. The number of nitrogens with one attached hydrogen (secondary N) is 2. The second-order valence-electron chi connectivity index (χ2n) is 5.10. The molecule has 0 aliphatic rings. The zero-order chi connectivity index (χ0) is 16.8. The van der Waals surface area contributed by atoms with Crippen LogP contribution in [0.5, 0.6) is 0 Å². The Labute approximate surface area is 137 Å². The maximum absolute atomic E-state index is 12.3. The number of aromatic nitrogens is 4. The summed E-state index contributed by atoms with van der Waals surface area (Å²) < 4.78 is 0. The molecule has 0 spiro atoms.